The number of H-pyrrole nitrogens is 1. The van der Waals surface area contributed by atoms with Gasteiger partial charge in [-0.2, -0.15) is 0 Å². The van der Waals surface area contributed by atoms with Gasteiger partial charge in [-0.15, -0.1) is 0 Å². The highest BCUT2D eigenvalue weighted by Gasteiger charge is 2.16. The maximum atomic E-state index is 5.64. The van der Waals surface area contributed by atoms with Gasteiger partial charge in [0.2, 0.25) is 0 Å². The van der Waals surface area contributed by atoms with Crippen LogP contribution in [0, 0.1) is 11.7 Å². The van der Waals surface area contributed by atoms with Crippen LogP contribution in [0.1, 0.15) is 5.56 Å². The van der Waals surface area contributed by atoms with Crippen LogP contribution in [0.3, 0.4) is 0 Å². The number of imidazole rings is 1. The highest BCUT2D eigenvalue weighted by Crippen LogP contribution is 2.34. The molecule has 0 saturated carbocycles. The summed E-state index contributed by atoms with van der Waals surface area (Å²) in [6.45, 7) is 3.53. The molecule has 4 aromatic rings. The van der Waals surface area contributed by atoms with E-state index in [9.17, 15) is 0 Å². The SMILES string of the molecule is COCCn1ccc2c(-n3c(-c4ccc(C)cc4OC)c[nH]c3=S)cccc21. The van der Waals surface area contributed by atoms with Crippen molar-refractivity contribution in [2.24, 2.45) is 0 Å². The minimum atomic E-state index is 0.648. The first-order valence-electron chi connectivity index (χ1n) is 9.16. The number of benzene rings is 2. The number of hydrogen-bond acceptors (Lipinski definition) is 3. The number of rotatable bonds is 6. The Morgan fingerprint density at radius 1 is 1.11 bits per heavy atom. The molecule has 0 bridgehead atoms. The maximum Gasteiger partial charge on any atom is 0.182 e. The molecular formula is C22H23N3O2S. The predicted octanol–water partition coefficient (Wildman–Crippen LogP) is 5.12. The fourth-order valence-corrected chi connectivity index (χ4v) is 3.86. The molecule has 0 radical (unpaired) electrons. The average Bonchev–Trinajstić information content (AvgIpc) is 3.29. The van der Waals surface area contributed by atoms with Gasteiger partial charge in [-0.1, -0.05) is 12.1 Å². The second-order valence-electron chi connectivity index (χ2n) is 6.73. The smallest absolute Gasteiger partial charge is 0.182 e. The van der Waals surface area contributed by atoms with Crippen LogP contribution in [0.15, 0.2) is 54.9 Å². The lowest BCUT2D eigenvalue weighted by Gasteiger charge is -2.14. The number of nitrogens with zero attached hydrogens (tertiary/aromatic N) is 2. The van der Waals surface area contributed by atoms with E-state index in [1.165, 1.54) is 0 Å². The maximum absolute atomic E-state index is 5.64. The van der Waals surface area contributed by atoms with E-state index in [0.29, 0.717) is 11.4 Å². The van der Waals surface area contributed by atoms with E-state index >= 15 is 0 Å². The summed E-state index contributed by atoms with van der Waals surface area (Å²) in [6.07, 6.45) is 4.03. The van der Waals surface area contributed by atoms with Crippen LogP contribution in [0.5, 0.6) is 5.75 Å². The number of methoxy groups -OCH3 is 2. The van der Waals surface area contributed by atoms with E-state index < -0.39 is 0 Å². The number of hydrogen-bond donors (Lipinski definition) is 1. The zero-order valence-corrected chi connectivity index (χ0v) is 17.0. The summed E-state index contributed by atoms with van der Waals surface area (Å²) in [5.74, 6) is 0.826. The van der Waals surface area contributed by atoms with Gasteiger partial charge in [-0.3, -0.25) is 4.57 Å². The van der Waals surface area contributed by atoms with Crippen molar-refractivity contribution in [1.29, 1.82) is 0 Å². The number of aromatic nitrogens is 3. The first-order valence-corrected chi connectivity index (χ1v) is 9.57. The summed E-state index contributed by atoms with van der Waals surface area (Å²) in [4.78, 5) is 3.20. The Kier molecular flexibility index (Phi) is 5.07. The second kappa shape index (κ2) is 7.66. The van der Waals surface area contributed by atoms with Crippen molar-refractivity contribution in [3.63, 3.8) is 0 Å². The molecular weight excluding hydrogens is 370 g/mol. The first kappa shape index (κ1) is 18.5. The number of fused-ring (bicyclic) bond motifs is 1. The normalized spacial score (nSPS) is 11.2. The van der Waals surface area contributed by atoms with Gasteiger partial charge in [0, 0.05) is 37.0 Å². The van der Waals surface area contributed by atoms with Crippen molar-refractivity contribution in [3.8, 4) is 22.7 Å². The predicted molar refractivity (Wildman–Crippen MR) is 115 cm³/mol. The molecule has 2 heterocycles. The van der Waals surface area contributed by atoms with Crippen molar-refractivity contribution in [2.45, 2.75) is 13.5 Å². The summed E-state index contributed by atoms with van der Waals surface area (Å²) in [7, 11) is 3.41. The van der Waals surface area contributed by atoms with E-state index in [4.69, 9.17) is 21.7 Å². The molecule has 0 aliphatic rings. The molecule has 0 amide bonds. The molecule has 6 heteroatoms. The Labute approximate surface area is 169 Å². The summed E-state index contributed by atoms with van der Waals surface area (Å²) in [5.41, 5.74) is 5.31. The van der Waals surface area contributed by atoms with Crippen LogP contribution in [0.4, 0.5) is 0 Å². The molecule has 0 atom stereocenters. The average molecular weight is 394 g/mol. The van der Waals surface area contributed by atoms with Gasteiger partial charge in [0.1, 0.15) is 5.75 Å². The Balaban J connectivity index is 1.92. The quantitative estimate of drug-likeness (QED) is 0.463. The van der Waals surface area contributed by atoms with Crippen molar-refractivity contribution >= 4 is 23.1 Å². The lowest BCUT2D eigenvalue weighted by atomic mass is 10.1. The summed E-state index contributed by atoms with van der Waals surface area (Å²) in [6, 6.07) is 14.6. The molecule has 1 N–H and O–H groups in total. The zero-order valence-electron chi connectivity index (χ0n) is 16.2. The van der Waals surface area contributed by atoms with Crippen LogP contribution >= 0.6 is 12.2 Å². The molecule has 4 rings (SSSR count). The topological polar surface area (TPSA) is 44.1 Å². The number of aromatic amines is 1. The van der Waals surface area contributed by atoms with E-state index in [1.54, 1.807) is 14.2 Å². The Hall–Kier alpha value is -2.83. The van der Waals surface area contributed by atoms with Crippen molar-refractivity contribution in [3.05, 3.63) is 65.2 Å². The molecule has 0 aliphatic carbocycles. The summed E-state index contributed by atoms with van der Waals surface area (Å²) < 4.78 is 15.8. The van der Waals surface area contributed by atoms with E-state index in [2.05, 4.69) is 63.6 Å². The zero-order chi connectivity index (χ0) is 19.7. The van der Waals surface area contributed by atoms with Gasteiger partial charge in [0.15, 0.2) is 4.77 Å². The van der Waals surface area contributed by atoms with Gasteiger partial charge in [0.25, 0.3) is 0 Å². The van der Waals surface area contributed by atoms with Crippen LogP contribution < -0.4 is 4.74 Å². The lowest BCUT2D eigenvalue weighted by molar-refractivity contribution is 0.188. The molecule has 28 heavy (non-hydrogen) atoms. The lowest BCUT2D eigenvalue weighted by Crippen LogP contribution is -2.03. The Bertz CT molecular complexity index is 1190. The molecule has 0 aliphatic heterocycles. The van der Waals surface area contributed by atoms with Crippen molar-refractivity contribution < 1.29 is 9.47 Å². The van der Waals surface area contributed by atoms with Crippen LogP contribution in [-0.2, 0) is 11.3 Å². The van der Waals surface area contributed by atoms with E-state index in [0.717, 1.165) is 45.7 Å². The molecule has 144 valence electrons. The highest BCUT2D eigenvalue weighted by atomic mass is 32.1. The van der Waals surface area contributed by atoms with Gasteiger partial charge in [-0.25, -0.2) is 0 Å². The molecule has 0 spiro atoms. The first-order chi connectivity index (χ1) is 13.6. The number of ether oxygens (including phenoxy) is 2. The third kappa shape index (κ3) is 3.15. The largest absolute Gasteiger partial charge is 0.496 e. The fourth-order valence-electron chi connectivity index (χ4n) is 3.60. The third-order valence-electron chi connectivity index (χ3n) is 4.98. The minimum absolute atomic E-state index is 0.648. The molecule has 2 aromatic carbocycles. The van der Waals surface area contributed by atoms with Gasteiger partial charge in [0.05, 0.1) is 30.6 Å². The number of aryl methyl sites for hydroxylation is 1. The minimum Gasteiger partial charge on any atom is -0.496 e. The fraction of sp³-hybridized carbons (Fsp3) is 0.227. The Morgan fingerprint density at radius 3 is 2.75 bits per heavy atom. The van der Waals surface area contributed by atoms with Gasteiger partial charge in [-0.05, 0) is 55.0 Å². The summed E-state index contributed by atoms with van der Waals surface area (Å²) in [5, 5.41) is 1.14. The standard InChI is InChI=1S/C22H23N3O2S/c1-15-7-8-17(21(13-15)27-3)20-14-23-22(28)25(20)19-6-4-5-18-16(19)9-10-24(18)11-12-26-2/h4-10,13-14H,11-12H2,1-3H3,(H,23,28). The van der Waals surface area contributed by atoms with Crippen LogP contribution in [-0.4, -0.2) is 34.9 Å². The number of nitrogens with one attached hydrogen (secondary N) is 1. The van der Waals surface area contributed by atoms with Gasteiger partial charge >= 0.3 is 0 Å². The Morgan fingerprint density at radius 2 is 1.96 bits per heavy atom. The van der Waals surface area contributed by atoms with Crippen LogP contribution in [0.25, 0.3) is 27.8 Å². The van der Waals surface area contributed by atoms with Crippen molar-refractivity contribution in [2.75, 3.05) is 20.8 Å². The molecule has 5 nitrogen and oxygen atoms in total. The molecule has 0 saturated heterocycles. The third-order valence-corrected chi connectivity index (χ3v) is 5.28. The van der Waals surface area contributed by atoms with E-state index in [1.807, 2.05) is 12.3 Å². The highest BCUT2D eigenvalue weighted by molar-refractivity contribution is 7.71. The van der Waals surface area contributed by atoms with Gasteiger partial charge < -0.3 is 19.0 Å². The second-order valence-corrected chi connectivity index (χ2v) is 7.12. The van der Waals surface area contributed by atoms with E-state index in [-0.39, 0.29) is 0 Å². The summed E-state index contributed by atoms with van der Waals surface area (Å²) >= 11 is 5.64. The van der Waals surface area contributed by atoms with Crippen molar-refractivity contribution in [1.82, 2.24) is 14.1 Å². The molecule has 2 aromatic heterocycles. The molecule has 0 unspecified atom stereocenters. The molecule has 0 fully saturated rings. The monoisotopic (exact) mass is 393 g/mol. The van der Waals surface area contributed by atoms with Crippen LogP contribution in [0.2, 0.25) is 0 Å².